The van der Waals surface area contributed by atoms with Crippen molar-refractivity contribution < 1.29 is 4.79 Å². The molecule has 25 heavy (non-hydrogen) atoms. The van der Waals surface area contributed by atoms with E-state index in [0.29, 0.717) is 16.3 Å². The van der Waals surface area contributed by atoms with E-state index in [4.69, 9.17) is 0 Å². The fourth-order valence-electron chi connectivity index (χ4n) is 3.20. The fraction of sp³-hybridized carbons (Fsp3) is 0.611. The SMILES string of the molecule is Cc1sc2nc(SCC(=O)N3CCCCCCC3)n(C)c(=O)c2c1C. The Bertz CT molecular complexity index is 833. The van der Waals surface area contributed by atoms with Crippen LogP contribution in [-0.4, -0.2) is 39.2 Å². The van der Waals surface area contributed by atoms with Crippen molar-refractivity contribution in [1.29, 1.82) is 0 Å². The molecule has 0 spiro atoms. The zero-order chi connectivity index (χ0) is 18.0. The monoisotopic (exact) mass is 379 g/mol. The highest BCUT2D eigenvalue weighted by Gasteiger charge is 2.18. The Morgan fingerprint density at radius 2 is 1.80 bits per heavy atom. The summed E-state index contributed by atoms with van der Waals surface area (Å²) in [6, 6.07) is 0. The van der Waals surface area contributed by atoms with E-state index in [1.807, 2.05) is 18.7 Å². The molecule has 0 bridgehead atoms. The molecule has 1 aliphatic rings. The van der Waals surface area contributed by atoms with Crippen molar-refractivity contribution in [3.63, 3.8) is 0 Å². The van der Waals surface area contributed by atoms with Gasteiger partial charge in [-0.3, -0.25) is 14.2 Å². The van der Waals surface area contributed by atoms with Crippen molar-refractivity contribution >= 4 is 39.2 Å². The maximum Gasteiger partial charge on any atom is 0.262 e. The number of carbonyl (C=O) groups is 1. The Morgan fingerprint density at radius 3 is 2.48 bits per heavy atom. The van der Waals surface area contributed by atoms with Crippen LogP contribution in [0, 0.1) is 13.8 Å². The molecule has 136 valence electrons. The third kappa shape index (κ3) is 3.92. The molecule has 1 amide bonds. The Balaban J connectivity index is 1.75. The maximum atomic E-state index is 12.6. The van der Waals surface area contributed by atoms with E-state index >= 15 is 0 Å². The number of thiophene rings is 1. The first-order valence-electron chi connectivity index (χ1n) is 8.86. The van der Waals surface area contributed by atoms with Crippen LogP contribution in [0.5, 0.6) is 0 Å². The Hall–Kier alpha value is -1.34. The van der Waals surface area contributed by atoms with Crippen LogP contribution in [0.1, 0.15) is 42.5 Å². The summed E-state index contributed by atoms with van der Waals surface area (Å²) < 4.78 is 1.58. The van der Waals surface area contributed by atoms with Crippen molar-refractivity contribution in [2.24, 2.45) is 7.05 Å². The van der Waals surface area contributed by atoms with Gasteiger partial charge in [0.25, 0.3) is 5.56 Å². The second-order valence-electron chi connectivity index (χ2n) is 6.66. The van der Waals surface area contributed by atoms with Gasteiger partial charge < -0.3 is 4.90 Å². The summed E-state index contributed by atoms with van der Waals surface area (Å²) >= 11 is 2.92. The maximum absolute atomic E-state index is 12.6. The zero-order valence-corrected chi connectivity index (χ0v) is 16.8. The molecule has 0 unspecified atom stereocenters. The first-order chi connectivity index (χ1) is 12.0. The summed E-state index contributed by atoms with van der Waals surface area (Å²) in [6.45, 7) is 5.69. The molecule has 0 N–H and O–H groups in total. The van der Waals surface area contributed by atoms with Crippen LogP contribution >= 0.6 is 23.1 Å². The normalized spacial score (nSPS) is 16.0. The van der Waals surface area contributed by atoms with Crippen molar-refractivity contribution in [3.05, 3.63) is 20.8 Å². The van der Waals surface area contributed by atoms with Crippen LogP contribution in [0.4, 0.5) is 0 Å². The number of rotatable bonds is 3. The Labute approximate surface area is 156 Å². The third-order valence-electron chi connectivity index (χ3n) is 4.90. The molecular formula is C18H25N3O2S2. The molecule has 0 aliphatic carbocycles. The molecule has 3 heterocycles. The van der Waals surface area contributed by atoms with E-state index in [-0.39, 0.29) is 11.5 Å². The molecule has 2 aromatic heterocycles. The second kappa shape index (κ2) is 7.91. The highest BCUT2D eigenvalue weighted by molar-refractivity contribution is 7.99. The van der Waals surface area contributed by atoms with E-state index in [1.165, 1.54) is 31.0 Å². The number of aryl methyl sites for hydroxylation is 2. The third-order valence-corrected chi connectivity index (χ3v) is 7.02. The van der Waals surface area contributed by atoms with Gasteiger partial charge >= 0.3 is 0 Å². The number of thioether (sulfide) groups is 1. The topological polar surface area (TPSA) is 55.2 Å². The lowest BCUT2D eigenvalue weighted by molar-refractivity contribution is -0.128. The molecule has 0 atom stereocenters. The molecule has 3 rings (SSSR count). The van der Waals surface area contributed by atoms with Gasteiger partial charge in [0.1, 0.15) is 4.83 Å². The summed E-state index contributed by atoms with van der Waals surface area (Å²) in [6.07, 6.45) is 5.88. The Morgan fingerprint density at radius 1 is 1.16 bits per heavy atom. The van der Waals surface area contributed by atoms with Crippen LogP contribution < -0.4 is 5.56 Å². The highest BCUT2D eigenvalue weighted by atomic mass is 32.2. The lowest BCUT2D eigenvalue weighted by Crippen LogP contribution is -2.35. The van der Waals surface area contributed by atoms with Gasteiger partial charge in [0.05, 0.1) is 11.1 Å². The lowest BCUT2D eigenvalue weighted by Gasteiger charge is -2.24. The molecule has 1 aliphatic heterocycles. The predicted octanol–water partition coefficient (Wildman–Crippen LogP) is 3.50. The first kappa shape index (κ1) is 18.5. The molecular weight excluding hydrogens is 354 g/mol. The standard InChI is InChI=1S/C18H25N3O2S2/c1-12-13(2)25-16-15(12)17(23)20(3)18(19-16)24-11-14(22)21-9-7-5-4-6-8-10-21/h4-11H2,1-3H3. The van der Waals surface area contributed by atoms with E-state index < -0.39 is 0 Å². The minimum atomic E-state index is -0.0203. The lowest BCUT2D eigenvalue weighted by atomic mass is 10.1. The molecule has 7 heteroatoms. The number of nitrogens with zero attached hydrogens (tertiary/aromatic N) is 3. The van der Waals surface area contributed by atoms with Crippen LogP contribution in [0.2, 0.25) is 0 Å². The van der Waals surface area contributed by atoms with Gasteiger partial charge in [0, 0.05) is 25.0 Å². The molecule has 0 aromatic carbocycles. The van der Waals surface area contributed by atoms with Crippen molar-refractivity contribution in [2.45, 2.75) is 51.1 Å². The molecule has 2 aromatic rings. The average molecular weight is 380 g/mol. The van der Waals surface area contributed by atoms with Gasteiger partial charge in [0.2, 0.25) is 5.91 Å². The predicted molar refractivity (Wildman–Crippen MR) is 105 cm³/mol. The van der Waals surface area contributed by atoms with Crippen LogP contribution in [0.25, 0.3) is 10.2 Å². The highest BCUT2D eigenvalue weighted by Crippen LogP contribution is 2.28. The van der Waals surface area contributed by atoms with E-state index in [9.17, 15) is 9.59 Å². The summed E-state index contributed by atoms with van der Waals surface area (Å²) in [7, 11) is 1.74. The number of likely N-dealkylation sites (tertiary alicyclic amines) is 1. The molecule has 1 saturated heterocycles. The number of fused-ring (bicyclic) bond motifs is 1. The van der Waals surface area contributed by atoms with Gasteiger partial charge in [-0.05, 0) is 32.3 Å². The van der Waals surface area contributed by atoms with Gasteiger partial charge in [-0.15, -0.1) is 11.3 Å². The quantitative estimate of drug-likeness (QED) is 0.605. The number of aromatic nitrogens is 2. The van der Waals surface area contributed by atoms with E-state index in [0.717, 1.165) is 41.2 Å². The van der Waals surface area contributed by atoms with Crippen LogP contribution in [-0.2, 0) is 11.8 Å². The fourth-order valence-corrected chi connectivity index (χ4v) is 5.14. The van der Waals surface area contributed by atoms with Gasteiger partial charge in [-0.2, -0.15) is 0 Å². The zero-order valence-electron chi connectivity index (χ0n) is 15.1. The molecule has 1 fully saturated rings. The van der Waals surface area contributed by atoms with E-state index in [2.05, 4.69) is 4.98 Å². The Kier molecular flexibility index (Phi) is 5.84. The molecule has 0 saturated carbocycles. The van der Waals surface area contributed by atoms with Crippen molar-refractivity contribution in [1.82, 2.24) is 14.5 Å². The van der Waals surface area contributed by atoms with Crippen molar-refractivity contribution in [2.75, 3.05) is 18.8 Å². The largest absolute Gasteiger partial charge is 0.342 e. The first-order valence-corrected chi connectivity index (χ1v) is 10.7. The molecule has 0 radical (unpaired) electrons. The summed E-state index contributed by atoms with van der Waals surface area (Å²) in [5, 5.41) is 1.34. The smallest absolute Gasteiger partial charge is 0.262 e. The van der Waals surface area contributed by atoms with Gasteiger partial charge in [-0.25, -0.2) is 4.98 Å². The van der Waals surface area contributed by atoms with Crippen LogP contribution in [0.3, 0.4) is 0 Å². The van der Waals surface area contributed by atoms with Gasteiger partial charge in [-0.1, -0.05) is 31.0 Å². The average Bonchev–Trinajstić information content (AvgIpc) is 2.83. The van der Waals surface area contributed by atoms with Gasteiger partial charge in [0.15, 0.2) is 5.16 Å². The number of hydrogen-bond acceptors (Lipinski definition) is 5. The number of amides is 1. The second-order valence-corrected chi connectivity index (χ2v) is 8.80. The summed E-state index contributed by atoms with van der Waals surface area (Å²) in [5.74, 6) is 0.495. The summed E-state index contributed by atoms with van der Waals surface area (Å²) in [4.78, 5) is 33.7. The van der Waals surface area contributed by atoms with Crippen LogP contribution in [0.15, 0.2) is 9.95 Å². The van der Waals surface area contributed by atoms with Crippen molar-refractivity contribution in [3.8, 4) is 0 Å². The molecule has 5 nitrogen and oxygen atoms in total. The minimum Gasteiger partial charge on any atom is -0.342 e. The summed E-state index contributed by atoms with van der Waals surface area (Å²) in [5.41, 5.74) is 0.995. The minimum absolute atomic E-state index is 0.0203. The number of hydrogen-bond donors (Lipinski definition) is 0. The number of carbonyl (C=O) groups excluding carboxylic acids is 1. The van der Waals surface area contributed by atoms with E-state index in [1.54, 1.807) is 23.0 Å².